The third-order valence-electron chi connectivity index (χ3n) is 4.56. The Labute approximate surface area is 174 Å². The van der Waals surface area contributed by atoms with Crippen molar-refractivity contribution in [1.29, 1.82) is 0 Å². The van der Waals surface area contributed by atoms with E-state index in [1.54, 1.807) is 12.0 Å². The Morgan fingerprint density at radius 2 is 1.86 bits per heavy atom. The quantitative estimate of drug-likeness (QED) is 0.708. The second-order valence-electron chi connectivity index (χ2n) is 7.79. The van der Waals surface area contributed by atoms with Crippen molar-refractivity contribution in [3.8, 4) is 17.0 Å². The summed E-state index contributed by atoms with van der Waals surface area (Å²) in [6.45, 7) is 8.35. The molecule has 1 aliphatic rings. The fourth-order valence-corrected chi connectivity index (χ4v) is 3.78. The predicted octanol–water partition coefficient (Wildman–Crippen LogP) is 3.92. The molecule has 0 spiro atoms. The van der Waals surface area contributed by atoms with Gasteiger partial charge in [0, 0.05) is 44.9 Å². The van der Waals surface area contributed by atoms with Crippen LogP contribution in [0.15, 0.2) is 28.7 Å². The van der Waals surface area contributed by atoms with Gasteiger partial charge < -0.3 is 19.3 Å². The Morgan fingerprint density at radius 1 is 1.18 bits per heavy atom. The van der Waals surface area contributed by atoms with Gasteiger partial charge in [0.1, 0.15) is 17.2 Å². The molecule has 0 bridgehead atoms. The number of benzene rings is 1. The van der Waals surface area contributed by atoms with Crippen molar-refractivity contribution in [2.45, 2.75) is 26.4 Å². The first-order chi connectivity index (χ1) is 13.2. The van der Waals surface area contributed by atoms with Crippen LogP contribution in [-0.4, -0.2) is 59.7 Å². The number of anilines is 1. The van der Waals surface area contributed by atoms with Gasteiger partial charge in [0.15, 0.2) is 0 Å². The second kappa shape index (κ2) is 8.03. The maximum atomic E-state index is 12.3. The Morgan fingerprint density at radius 3 is 2.46 bits per heavy atom. The average molecular weight is 451 g/mol. The zero-order chi connectivity index (χ0) is 20.5. The summed E-state index contributed by atoms with van der Waals surface area (Å²) in [5.41, 5.74) is 1.31. The summed E-state index contributed by atoms with van der Waals surface area (Å²) in [5, 5.41) is 4.68. The van der Waals surface area contributed by atoms with E-state index in [0.29, 0.717) is 13.1 Å². The van der Waals surface area contributed by atoms with Crippen molar-refractivity contribution in [2.75, 3.05) is 38.2 Å². The molecular weight excluding hydrogens is 424 g/mol. The first-order valence-electron chi connectivity index (χ1n) is 9.29. The maximum absolute atomic E-state index is 12.3. The highest BCUT2D eigenvalue weighted by atomic mass is 79.9. The molecule has 0 atom stereocenters. The number of hydrogen-bond donors (Lipinski definition) is 0. The number of aromatic nitrogens is 2. The Kier molecular flexibility index (Phi) is 5.88. The van der Waals surface area contributed by atoms with Gasteiger partial charge >= 0.3 is 6.09 Å². The molecule has 0 radical (unpaired) electrons. The minimum atomic E-state index is -0.478. The first kappa shape index (κ1) is 20.5. The Hall–Kier alpha value is -2.22. The molecule has 0 saturated carbocycles. The molecule has 152 valence electrons. The molecule has 2 aromatic rings. The van der Waals surface area contributed by atoms with Crippen LogP contribution in [-0.2, 0) is 11.8 Å². The van der Waals surface area contributed by atoms with E-state index in [2.05, 4.69) is 32.0 Å². The first-order valence-corrected chi connectivity index (χ1v) is 10.1. The number of hydrogen-bond acceptors (Lipinski definition) is 5. The molecule has 0 aliphatic carbocycles. The zero-order valence-electron chi connectivity index (χ0n) is 17.0. The molecule has 1 aromatic heterocycles. The largest absolute Gasteiger partial charge is 0.495 e. The van der Waals surface area contributed by atoms with Crippen LogP contribution < -0.4 is 9.64 Å². The molecule has 1 amide bonds. The summed E-state index contributed by atoms with van der Waals surface area (Å²) in [5.74, 6) is 1.78. The van der Waals surface area contributed by atoms with E-state index in [1.807, 2.05) is 50.7 Å². The Bertz CT molecular complexity index is 852. The molecule has 8 heteroatoms. The predicted molar refractivity (Wildman–Crippen MR) is 113 cm³/mol. The Balaban J connectivity index is 1.74. The lowest BCUT2D eigenvalue weighted by Gasteiger charge is -2.36. The molecule has 3 rings (SSSR count). The number of para-hydroxylation sites is 1. The molecule has 1 aromatic carbocycles. The fourth-order valence-electron chi connectivity index (χ4n) is 3.25. The van der Waals surface area contributed by atoms with Gasteiger partial charge in [-0.1, -0.05) is 6.07 Å². The molecule has 0 unspecified atom stereocenters. The summed E-state index contributed by atoms with van der Waals surface area (Å²) >= 11 is 3.53. The third-order valence-corrected chi connectivity index (χ3v) is 5.18. The van der Waals surface area contributed by atoms with Crippen LogP contribution in [0.3, 0.4) is 0 Å². The number of halogens is 1. The van der Waals surface area contributed by atoms with E-state index in [1.165, 1.54) is 0 Å². The van der Waals surface area contributed by atoms with Gasteiger partial charge in [0.05, 0.1) is 17.3 Å². The van der Waals surface area contributed by atoms with E-state index < -0.39 is 5.60 Å². The second-order valence-corrected chi connectivity index (χ2v) is 8.64. The summed E-state index contributed by atoms with van der Waals surface area (Å²) in [6, 6.07) is 7.97. The van der Waals surface area contributed by atoms with Gasteiger partial charge in [-0.15, -0.1) is 0 Å². The van der Waals surface area contributed by atoms with Crippen molar-refractivity contribution < 1.29 is 14.3 Å². The van der Waals surface area contributed by atoms with E-state index in [9.17, 15) is 4.79 Å². The van der Waals surface area contributed by atoms with Crippen molar-refractivity contribution in [3.05, 3.63) is 28.7 Å². The highest BCUT2D eigenvalue weighted by Gasteiger charge is 2.27. The normalized spacial score (nSPS) is 14.9. The summed E-state index contributed by atoms with van der Waals surface area (Å²) in [6.07, 6.45) is -0.253. The number of aryl methyl sites for hydroxylation is 1. The number of piperazine rings is 1. The highest BCUT2D eigenvalue weighted by molar-refractivity contribution is 9.10. The molecule has 2 heterocycles. The number of methoxy groups -OCH3 is 1. The molecule has 7 nitrogen and oxygen atoms in total. The van der Waals surface area contributed by atoms with Crippen LogP contribution in [0.2, 0.25) is 0 Å². The third kappa shape index (κ3) is 4.43. The van der Waals surface area contributed by atoms with Gasteiger partial charge in [-0.2, -0.15) is 5.10 Å². The molecule has 1 fully saturated rings. The minimum Gasteiger partial charge on any atom is -0.495 e. The van der Waals surface area contributed by atoms with E-state index in [-0.39, 0.29) is 6.09 Å². The molecule has 1 aliphatic heterocycles. The van der Waals surface area contributed by atoms with Crippen LogP contribution in [0.5, 0.6) is 5.75 Å². The van der Waals surface area contributed by atoms with Gasteiger partial charge in [-0.05, 0) is 48.8 Å². The molecule has 0 N–H and O–H groups in total. The maximum Gasteiger partial charge on any atom is 0.410 e. The minimum absolute atomic E-state index is 0.253. The smallest absolute Gasteiger partial charge is 0.410 e. The van der Waals surface area contributed by atoms with Crippen molar-refractivity contribution >= 4 is 27.8 Å². The lowest BCUT2D eigenvalue weighted by atomic mass is 10.1. The number of rotatable bonds is 3. The van der Waals surface area contributed by atoms with Crippen molar-refractivity contribution in [3.63, 3.8) is 0 Å². The van der Waals surface area contributed by atoms with E-state index in [0.717, 1.165) is 40.4 Å². The molecular formula is C20H27BrN4O3. The molecule has 1 saturated heterocycles. The monoisotopic (exact) mass is 450 g/mol. The van der Waals surface area contributed by atoms with Gasteiger partial charge in [-0.25, -0.2) is 4.79 Å². The zero-order valence-corrected chi connectivity index (χ0v) is 18.6. The number of carbonyl (C=O) groups is 1. The van der Waals surface area contributed by atoms with Crippen LogP contribution in [0, 0.1) is 0 Å². The number of amides is 1. The summed E-state index contributed by atoms with van der Waals surface area (Å²) in [4.78, 5) is 16.3. The SMILES string of the molecule is COc1c(Br)cccc1-c1cc(N2CCN(C(=O)OC(C)(C)C)CC2)n(C)n1. The van der Waals surface area contributed by atoms with Gasteiger partial charge in [0.25, 0.3) is 0 Å². The number of nitrogens with zero attached hydrogens (tertiary/aromatic N) is 4. The van der Waals surface area contributed by atoms with Gasteiger partial charge in [0.2, 0.25) is 0 Å². The van der Waals surface area contributed by atoms with Crippen molar-refractivity contribution in [1.82, 2.24) is 14.7 Å². The molecule has 28 heavy (non-hydrogen) atoms. The van der Waals surface area contributed by atoms with Crippen LogP contribution in [0.4, 0.5) is 10.6 Å². The average Bonchev–Trinajstić information content (AvgIpc) is 3.02. The fraction of sp³-hybridized carbons (Fsp3) is 0.500. The lowest BCUT2D eigenvalue weighted by molar-refractivity contribution is 0.0240. The number of carbonyl (C=O) groups excluding carboxylic acids is 1. The van der Waals surface area contributed by atoms with Gasteiger partial charge in [-0.3, -0.25) is 4.68 Å². The summed E-state index contributed by atoms with van der Waals surface area (Å²) < 4.78 is 13.8. The lowest BCUT2D eigenvalue weighted by Crippen LogP contribution is -2.50. The topological polar surface area (TPSA) is 59.8 Å². The van der Waals surface area contributed by atoms with Crippen LogP contribution in [0.1, 0.15) is 20.8 Å². The standard InChI is InChI=1S/C20H27BrN4O3/c1-20(2,3)28-19(26)25-11-9-24(10-12-25)17-13-16(22-23(17)4)14-7-6-8-15(21)18(14)27-5/h6-8,13H,9-12H2,1-5H3. The van der Waals surface area contributed by atoms with E-state index in [4.69, 9.17) is 9.47 Å². The van der Waals surface area contributed by atoms with Crippen LogP contribution >= 0.6 is 15.9 Å². The van der Waals surface area contributed by atoms with E-state index >= 15 is 0 Å². The highest BCUT2D eigenvalue weighted by Crippen LogP contribution is 2.36. The van der Waals surface area contributed by atoms with Crippen LogP contribution in [0.25, 0.3) is 11.3 Å². The summed E-state index contributed by atoms with van der Waals surface area (Å²) in [7, 11) is 3.59. The number of ether oxygens (including phenoxy) is 2. The van der Waals surface area contributed by atoms with Crippen molar-refractivity contribution in [2.24, 2.45) is 7.05 Å².